The van der Waals surface area contributed by atoms with Gasteiger partial charge in [-0.2, -0.15) is 0 Å². The van der Waals surface area contributed by atoms with E-state index in [1.165, 1.54) is 16.5 Å². The molecule has 29 heavy (non-hydrogen) atoms. The lowest BCUT2D eigenvalue weighted by atomic mass is 10.1. The van der Waals surface area contributed by atoms with E-state index < -0.39 is 0 Å². The average molecular weight is 408 g/mol. The van der Waals surface area contributed by atoms with Crippen LogP contribution in [0.2, 0.25) is 0 Å². The van der Waals surface area contributed by atoms with Crippen molar-refractivity contribution in [2.75, 3.05) is 38.1 Å². The zero-order valence-corrected chi connectivity index (χ0v) is 17.5. The van der Waals surface area contributed by atoms with Crippen LogP contribution in [-0.4, -0.2) is 59.3 Å². The summed E-state index contributed by atoms with van der Waals surface area (Å²) < 4.78 is 1.24. The number of nitrogens with one attached hydrogen (secondary N) is 2. The highest BCUT2D eigenvalue weighted by Gasteiger charge is 2.23. The molecule has 1 fully saturated rings. The van der Waals surface area contributed by atoms with Crippen molar-refractivity contribution < 1.29 is 0 Å². The molecule has 4 rings (SSSR count). The highest BCUT2D eigenvalue weighted by Crippen LogP contribution is 2.27. The highest BCUT2D eigenvalue weighted by atomic mass is 32.1. The van der Waals surface area contributed by atoms with Crippen LogP contribution in [0.25, 0.3) is 15.8 Å². The summed E-state index contributed by atoms with van der Waals surface area (Å²) in [6, 6.07) is 6.96. The summed E-state index contributed by atoms with van der Waals surface area (Å²) in [5.41, 5.74) is 5.90. The minimum absolute atomic E-state index is 0.355. The number of thiazole rings is 1. The van der Waals surface area contributed by atoms with Crippen LogP contribution in [-0.2, 0) is 0 Å². The highest BCUT2D eigenvalue weighted by molar-refractivity contribution is 7.16. The molecule has 1 aromatic carbocycles. The number of aromatic nitrogens is 3. The molecule has 8 heteroatoms. The molecule has 1 saturated heterocycles. The number of hydrogen-bond acceptors (Lipinski definition) is 8. The summed E-state index contributed by atoms with van der Waals surface area (Å²) in [5.74, 6) is 0.749. The molecule has 1 aliphatic rings. The van der Waals surface area contributed by atoms with Crippen molar-refractivity contribution in [1.29, 1.82) is 5.41 Å². The Hall–Kier alpha value is -2.84. The van der Waals surface area contributed by atoms with E-state index in [-0.39, 0.29) is 0 Å². The number of benzene rings is 1. The predicted molar refractivity (Wildman–Crippen MR) is 120 cm³/mol. The molecule has 1 atom stereocenters. The lowest BCUT2D eigenvalue weighted by molar-refractivity contribution is 0.198. The molecular weight excluding hydrogens is 382 g/mol. The second kappa shape index (κ2) is 8.67. The van der Waals surface area contributed by atoms with Crippen LogP contribution in [0, 0.1) is 5.41 Å². The van der Waals surface area contributed by atoms with E-state index >= 15 is 0 Å². The zero-order valence-electron chi connectivity index (χ0n) is 16.7. The van der Waals surface area contributed by atoms with Crippen molar-refractivity contribution in [3.8, 4) is 0 Å². The molecule has 3 heterocycles. The first kappa shape index (κ1) is 19.5. The SMILES string of the molecule is CN/C=C(\C=N)c1cnc(N2CCN(C(C)c3ccc4scnc4c3)CC2)nc1. The van der Waals surface area contributed by atoms with Crippen LogP contribution >= 0.6 is 11.3 Å². The Morgan fingerprint density at radius 1 is 1.17 bits per heavy atom. The molecular formula is C21H25N7S. The van der Waals surface area contributed by atoms with E-state index in [0.717, 1.165) is 48.8 Å². The van der Waals surface area contributed by atoms with Gasteiger partial charge in [-0.25, -0.2) is 15.0 Å². The van der Waals surface area contributed by atoms with Gasteiger partial charge in [-0.05, 0) is 24.6 Å². The average Bonchev–Trinajstić information content (AvgIpc) is 3.25. The normalized spacial score (nSPS) is 16.8. The lowest BCUT2D eigenvalue weighted by Crippen LogP contribution is -2.47. The molecule has 0 aliphatic carbocycles. The number of fused-ring (bicyclic) bond motifs is 1. The second-order valence-corrected chi connectivity index (χ2v) is 7.97. The minimum Gasteiger partial charge on any atom is -0.393 e. The maximum Gasteiger partial charge on any atom is 0.225 e. The third kappa shape index (κ3) is 4.13. The predicted octanol–water partition coefficient (Wildman–Crippen LogP) is 3.18. The Labute approximate surface area is 174 Å². The van der Waals surface area contributed by atoms with Gasteiger partial charge in [0.1, 0.15) is 0 Å². The number of nitrogens with zero attached hydrogens (tertiary/aromatic N) is 5. The summed E-state index contributed by atoms with van der Waals surface area (Å²) in [6.07, 6.45) is 6.65. The van der Waals surface area contributed by atoms with E-state index in [9.17, 15) is 0 Å². The van der Waals surface area contributed by atoms with Gasteiger partial charge in [-0.15, -0.1) is 11.3 Å². The summed E-state index contributed by atoms with van der Waals surface area (Å²) in [6.45, 7) is 5.99. The van der Waals surface area contributed by atoms with E-state index in [1.54, 1.807) is 29.9 Å². The van der Waals surface area contributed by atoms with Gasteiger partial charge in [0, 0.05) is 75.2 Å². The van der Waals surface area contributed by atoms with Crippen molar-refractivity contribution in [2.45, 2.75) is 13.0 Å². The van der Waals surface area contributed by atoms with Gasteiger partial charge < -0.3 is 15.6 Å². The summed E-state index contributed by atoms with van der Waals surface area (Å²) in [5, 5.41) is 10.5. The summed E-state index contributed by atoms with van der Waals surface area (Å²) in [4.78, 5) is 18.2. The first-order chi connectivity index (χ1) is 14.2. The third-order valence-electron chi connectivity index (χ3n) is 5.41. The molecule has 3 aromatic rings. The fourth-order valence-electron chi connectivity index (χ4n) is 3.65. The van der Waals surface area contributed by atoms with Crippen molar-refractivity contribution in [1.82, 2.24) is 25.2 Å². The van der Waals surface area contributed by atoms with Gasteiger partial charge in [-0.1, -0.05) is 6.07 Å². The molecule has 2 aromatic heterocycles. The van der Waals surface area contributed by atoms with Crippen molar-refractivity contribution in [2.24, 2.45) is 0 Å². The maximum atomic E-state index is 7.51. The fourth-order valence-corrected chi connectivity index (χ4v) is 4.31. The topological polar surface area (TPSA) is 81.0 Å². The van der Waals surface area contributed by atoms with E-state index in [0.29, 0.717) is 6.04 Å². The number of rotatable bonds is 6. The Morgan fingerprint density at radius 2 is 1.93 bits per heavy atom. The van der Waals surface area contributed by atoms with Crippen LogP contribution in [0.1, 0.15) is 24.1 Å². The van der Waals surface area contributed by atoms with Crippen molar-refractivity contribution >= 4 is 39.3 Å². The monoisotopic (exact) mass is 407 g/mol. The lowest BCUT2D eigenvalue weighted by Gasteiger charge is -2.38. The van der Waals surface area contributed by atoms with Gasteiger partial charge in [-0.3, -0.25) is 4.90 Å². The summed E-state index contributed by atoms with van der Waals surface area (Å²) >= 11 is 1.68. The number of piperazine rings is 1. The van der Waals surface area contributed by atoms with Crippen molar-refractivity contribution in [3.05, 3.63) is 53.4 Å². The van der Waals surface area contributed by atoms with Crippen molar-refractivity contribution in [3.63, 3.8) is 0 Å². The Balaban J connectivity index is 1.39. The second-order valence-electron chi connectivity index (χ2n) is 7.08. The molecule has 0 saturated carbocycles. The number of allylic oxidation sites excluding steroid dienone is 1. The summed E-state index contributed by atoms with van der Waals surface area (Å²) in [7, 11) is 1.81. The van der Waals surface area contributed by atoms with Gasteiger partial charge in [0.25, 0.3) is 0 Å². The van der Waals surface area contributed by atoms with Crippen LogP contribution in [0.3, 0.4) is 0 Å². The molecule has 1 unspecified atom stereocenters. The number of hydrogen-bond donors (Lipinski definition) is 2. The third-order valence-corrected chi connectivity index (χ3v) is 6.22. The Bertz CT molecular complexity index is 1000. The van der Waals surface area contributed by atoms with Crippen LogP contribution in [0.5, 0.6) is 0 Å². The zero-order chi connectivity index (χ0) is 20.2. The Kier molecular flexibility index (Phi) is 5.82. The van der Waals surface area contributed by atoms with Crippen LogP contribution in [0.15, 0.2) is 42.3 Å². The fraction of sp³-hybridized carbons (Fsp3) is 0.333. The van der Waals surface area contributed by atoms with Gasteiger partial charge in [0.15, 0.2) is 0 Å². The molecule has 0 amide bonds. The quantitative estimate of drug-likeness (QED) is 0.611. The molecule has 1 aliphatic heterocycles. The maximum absolute atomic E-state index is 7.51. The molecule has 0 bridgehead atoms. The van der Waals surface area contributed by atoms with Gasteiger partial charge in [0.2, 0.25) is 5.95 Å². The van der Waals surface area contributed by atoms with E-state index in [2.05, 4.69) is 55.2 Å². The largest absolute Gasteiger partial charge is 0.393 e. The van der Waals surface area contributed by atoms with Crippen LogP contribution in [0.4, 0.5) is 5.95 Å². The molecule has 2 N–H and O–H groups in total. The Morgan fingerprint density at radius 3 is 2.62 bits per heavy atom. The molecule has 150 valence electrons. The molecule has 7 nitrogen and oxygen atoms in total. The number of anilines is 1. The van der Waals surface area contributed by atoms with E-state index in [4.69, 9.17) is 5.41 Å². The smallest absolute Gasteiger partial charge is 0.225 e. The van der Waals surface area contributed by atoms with Gasteiger partial charge in [0.05, 0.1) is 15.7 Å². The standard InChI is InChI=1S/C21H25N7S/c1-15(16-3-4-20-19(9-16)26-14-29-20)27-5-7-28(8-6-27)21-24-12-18(13-25-21)17(10-22)11-23-2/h3-4,9-15,22-23H,5-8H2,1-2H3/b17-11+,22-10?. The van der Waals surface area contributed by atoms with E-state index in [1.807, 2.05) is 12.6 Å². The van der Waals surface area contributed by atoms with Crippen LogP contribution < -0.4 is 10.2 Å². The minimum atomic E-state index is 0.355. The first-order valence-corrected chi connectivity index (χ1v) is 10.6. The first-order valence-electron chi connectivity index (χ1n) is 9.72. The molecule has 0 radical (unpaired) electrons. The van der Waals surface area contributed by atoms with Gasteiger partial charge >= 0.3 is 0 Å². The molecule has 0 spiro atoms.